The van der Waals surface area contributed by atoms with Crippen LogP contribution >= 0.6 is 0 Å². The first-order valence-electron chi connectivity index (χ1n) is 7.74. The number of ether oxygens (including phenoxy) is 4. The maximum atomic E-state index is 12.7. The number of amides is 1. The Balaban J connectivity index is 1.85. The lowest BCUT2D eigenvalue weighted by atomic mass is 10.1. The second-order valence-corrected chi connectivity index (χ2v) is 5.94. The zero-order chi connectivity index (χ0) is 18.9. The Hall–Kier alpha value is -3.03. The quantitative estimate of drug-likeness (QED) is 0.866. The van der Waals surface area contributed by atoms with E-state index in [-0.39, 0.29) is 17.1 Å². The summed E-state index contributed by atoms with van der Waals surface area (Å²) in [5, 5.41) is 2.63. The average Bonchev–Trinajstić information content (AvgIpc) is 2.87. The molecule has 6 nitrogen and oxygen atoms in total. The molecule has 0 saturated heterocycles. The summed E-state index contributed by atoms with van der Waals surface area (Å²) in [4.78, 5) is 12.5. The third-order valence-electron chi connectivity index (χ3n) is 3.56. The number of hydrogen-bond acceptors (Lipinski definition) is 5. The van der Waals surface area contributed by atoms with Crippen LogP contribution in [0.1, 0.15) is 24.2 Å². The fourth-order valence-electron chi connectivity index (χ4n) is 2.56. The predicted octanol–water partition coefficient (Wildman–Crippen LogP) is 4.06. The molecule has 1 aliphatic heterocycles. The first-order chi connectivity index (χ1) is 12.3. The molecular formula is C18H17F2NO5. The molecule has 0 saturated carbocycles. The van der Waals surface area contributed by atoms with Gasteiger partial charge in [-0.3, -0.25) is 4.79 Å². The minimum atomic E-state index is -3.09. The third-order valence-corrected chi connectivity index (χ3v) is 3.56. The molecule has 0 atom stereocenters. The van der Waals surface area contributed by atoms with E-state index in [2.05, 4.69) is 10.1 Å². The van der Waals surface area contributed by atoms with Gasteiger partial charge < -0.3 is 24.3 Å². The van der Waals surface area contributed by atoms with Crippen molar-refractivity contribution in [2.45, 2.75) is 26.2 Å². The number of carbonyl (C=O) groups excluding carboxylic acids is 1. The van der Waals surface area contributed by atoms with Crippen LogP contribution in [0.2, 0.25) is 0 Å². The van der Waals surface area contributed by atoms with Crippen molar-refractivity contribution in [1.82, 2.24) is 0 Å². The normalized spacial score (nSPS) is 14.2. The molecule has 138 valence electrons. The fourth-order valence-corrected chi connectivity index (χ4v) is 2.56. The Morgan fingerprint density at radius 1 is 1.15 bits per heavy atom. The van der Waals surface area contributed by atoms with Gasteiger partial charge >= 0.3 is 6.61 Å². The Kier molecular flexibility index (Phi) is 4.58. The molecule has 0 spiro atoms. The maximum absolute atomic E-state index is 12.7. The van der Waals surface area contributed by atoms with E-state index in [4.69, 9.17) is 14.2 Å². The van der Waals surface area contributed by atoms with E-state index >= 15 is 0 Å². The molecule has 2 aromatic carbocycles. The van der Waals surface area contributed by atoms with Crippen molar-refractivity contribution >= 4 is 11.6 Å². The van der Waals surface area contributed by atoms with Gasteiger partial charge in [-0.2, -0.15) is 8.78 Å². The SMILES string of the molecule is COc1cccc(C(=O)Nc2ccc3c(c2)OC(C)(C)O3)c1OC(F)F. The van der Waals surface area contributed by atoms with Gasteiger partial charge in [-0.25, -0.2) is 0 Å². The molecule has 0 bridgehead atoms. The zero-order valence-electron chi connectivity index (χ0n) is 14.3. The van der Waals surface area contributed by atoms with Gasteiger partial charge in [0.2, 0.25) is 5.79 Å². The third kappa shape index (κ3) is 3.63. The van der Waals surface area contributed by atoms with Crippen LogP contribution in [0.15, 0.2) is 36.4 Å². The Labute approximate surface area is 148 Å². The highest BCUT2D eigenvalue weighted by atomic mass is 19.3. The Morgan fingerprint density at radius 2 is 1.88 bits per heavy atom. The van der Waals surface area contributed by atoms with Crippen molar-refractivity contribution in [1.29, 1.82) is 0 Å². The summed E-state index contributed by atoms with van der Waals surface area (Å²) in [5.74, 6) is -0.693. The Morgan fingerprint density at radius 3 is 2.58 bits per heavy atom. The van der Waals surface area contributed by atoms with Crippen molar-refractivity contribution in [3.05, 3.63) is 42.0 Å². The number of carbonyl (C=O) groups is 1. The minimum Gasteiger partial charge on any atom is -0.493 e. The van der Waals surface area contributed by atoms with Crippen molar-refractivity contribution in [2.24, 2.45) is 0 Å². The first-order valence-corrected chi connectivity index (χ1v) is 7.74. The van der Waals surface area contributed by atoms with Crippen LogP contribution in [0, 0.1) is 0 Å². The smallest absolute Gasteiger partial charge is 0.387 e. The van der Waals surface area contributed by atoms with E-state index in [0.717, 1.165) is 0 Å². The van der Waals surface area contributed by atoms with Gasteiger partial charge in [0.15, 0.2) is 23.0 Å². The lowest BCUT2D eigenvalue weighted by Crippen LogP contribution is -2.29. The molecule has 26 heavy (non-hydrogen) atoms. The van der Waals surface area contributed by atoms with E-state index in [9.17, 15) is 13.6 Å². The number of alkyl halides is 2. The van der Waals surface area contributed by atoms with E-state index in [0.29, 0.717) is 17.2 Å². The molecule has 0 unspecified atom stereocenters. The fraction of sp³-hybridized carbons (Fsp3) is 0.278. The van der Waals surface area contributed by atoms with Crippen LogP contribution in [0.3, 0.4) is 0 Å². The molecule has 1 N–H and O–H groups in total. The highest BCUT2D eigenvalue weighted by Gasteiger charge is 2.31. The zero-order valence-corrected chi connectivity index (χ0v) is 14.3. The van der Waals surface area contributed by atoms with Gasteiger partial charge in [-0.05, 0) is 24.3 Å². The molecule has 3 rings (SSSR count). The summed E-state index contributed by atoms with van der Waals surface area (Å²) in [7, 11) is 1.30. The topological polar surface area (TPSA) is 66.0 Å². The Bertz CT molecular complexity index is 838. The number of rotatable bonds is 5. The summed E-state index contributed by atoms with van der Waals surface area (Å²) in [6.07, 6.45) is 0. The van der Waals surface area contributed by atoms with Crippen LogP contribution in [0.4, 0.5) is 14.5 Å². The largest absolute Gasteiger partial charge is 0.493 e. The van der Waals surface area contributed by atoms with Gasteiger partial charge in [0, 0.05) is 25.6 Å². The summed E-state index contributed by atoms with van der Waals surface area (Å²) < 4.78 is 46.0. The predicted molar refractivity (Wildman–Crippen MR) is 89.4 cm³/mol. The second-order valence-electron chi connectivity index (χ2n) is 5.94. The van der Waals surface area contributed by atoms with Crippen molar-refractivity contribution in [3.8, 4) is 23.0 Å². The van der Waals surface area contributed by atoms with Crippen LogP contribution in [-0.2, 0) is 0 Å². The van der Waals surface area contributed by atoms with E-state index in [1.165, 1.54) is 25.3 Å². The second kappa shape index (κ2) is 6.70. The van der Waals surface area contributed by atoms with Crippen LogP contribution < -0.4 is 24.3 Å². The number of methoxy groups -OCH3 is 1. The number of benzene rings is 2. The monoisotopic (exact) mass is 365 g/mol. The van der Waals surface area contributed by atoms with Gasteiger partial charge in [0.1, 0.15) is 0 Å². The summed E-state index contributed by atoms with van der Waals surface area (Å²) in [6, 6.07) is 9.17. The maximum Gasteiger partial charge on any atom is 0.387 e. The van der Waals surface area contributed by atoms with Gasteiger partial charge in [0.25, 0.3) is 5.91 Å². The van der Waals surface area contributed by atoms with Gasteiger partial charge in [-0.1, -0.05) is 6.07 Å². The molecule has 1 aliphatic rings. The van der Waals surface area contributed by atoms with Crippen LogP contribution in [0.25, 0.3) is 0 Å². The lowest BCUT2D eigenvalue weighted by molar-refractivity contribution is -0.0515. The van der Waals surface area contributed by atoms with Crippen molar-refractivity contribution in [3.63, 3.8) is 0 Å². The minimum absolute atomic E-state index is 0.0328. The molecule has 0 radical (unpaired) electrons. The van der Waals surface area contributed by atoms with Crippen molar-refractivity contribution < 1.29 is 32.5 Å². The molecule has 0 aliphatic carbocycles. The van der Waals surface area contributed by atoms with E-state index in [1.807, 2.05) is 0 Å². The number of fused-ring (bicyclic) bond motifs is 1. The molecule has 1 amide bonds. The molecule has 0 fully saturated rings. The number of halogens is 2. The molecular weight excluding hydrogens is 348 g/mol. The van der Waals surface area contributed by atoms with E-state index < -0.39 is 18.3 Å². The number of para-hydroxylation sites is 1. The number of hydrogen-bond donors (Lipinski definition) is 1. The summed E-state index contributed by atoms with van der Waals surface area (Å²) in [5.41, 5.74) is 0.337. The summed E-state index contributed by atoms with van der Waals surface area (Å²) in [6.45, 7) is 0.427. The first kappa shape index (κ1) is 17.8. The molecule has 8 heteroatoms. The highest BCUT2D eigenvalue weighted by molar-refractivity contribution is 6.06. The molecule has 1 heterocycles. The standard InChI is InChI=1S/C18H17F2NO5/c1-18(2)25-12-8-7-10(9-14(12)26-18)21-16(22)11-5-4-6-13(23-3)15(11)24-17(19)20/h4-9,17H,1-3H3,(H,21,22). The van der Waals surface area contributed by atoms with Crippen molar-refractivity contribution in [2.75, 3.05) is 12.4 Å². The number of anilines is 1. The van der Waals surface area contributed by atoms with Crippen LogP contribution in [-0.4, -0.2) is 25.4 Å². The highest BCUT2D eigenvalue weighted by Crippen LogP contribution is 2.41. The molecule has 2 aromatic rings. The molecule has 0 aromatic heterocycles. The number of nitrogens with one attached hydrogen (secondary N) is 1. The van der Waals surface area contributed by atoms with Gasteiger partial charge in [0.05, 0.1) is 12.7 Å². The average molecular weight is 365 g/mol. The lowest BCUT2D eigenvalue weighted by Gasteiger charge is -2.16. The van der Waals surface area contributed by atoms with Gasteiger partial charge in [-0.15, -0.1) is 0 Å². The summed E-state index contributed by atoms with van der Waals surface area (Å²) >= 11 is 0. The van der Waals surface area contributed by atoms with Crippen LogP contribution in [0.5, 0.6) is 23.0 Å². The van der Waals surface area contributed by atoms with E-state index in [1.54, 1.807) is 32.0 Å².